The second kappa shape index (κ2) is 7.38. The fourth-order valence-electron chi connectivity index (χ4n) is 3.82. The summed E-state index contributed by atoms with van der Waals surface area (Å²) in [5.41, 5.74) is 1.13. The van der Waals surface area contributed by atoms with Crippen LogP contribution in [-0.2, 0) is 4.74 Å². The Morgan fingerprint density at radius 1 is 1.12 bits per heavy atom. The summed E-state index contributed by atoms with van der Waals surface area (Å²) < 4.78 is 6.01. The lowest BCUT2D eigenvalue weighted by atomic mass is 9.80. The number of hydrogen-bond acceptors (Lipinski definition) is 3. The maximum Gasteiger partial charge on any atom is 0.411 e. The van der Waals surface area contributed by atoms with Gasteiger partial charge in [0.15, 0.2) is 0 Å². The van der Waals surface area contributed by atoms with Crippen molar-refractivity contribution in [3.8, 4) is 0 Å². The smallest absolute Gasteiger partial charge is 0.411 e. The Morgan fingerprint density at radius 3 is 2.42 bits per heavy atom. The first-order valence-corrected chi connectivity index (χ1v) is 10.1. The standard InChI is InChI=1S/C20H29NO2S/c1-20(2,3)24-14-21-17(15-10-6-4-7-11-15)18(23-19(21)22)16-12-8-5-9-13-16/h5,8-9,12-13,15,17-18H,4,6-7,10-11,14H2,1-3H3/t17-,18+/m1/s1. The summed E-state index contributed by atoms with van der Waals surface area (Å²) >= 11 is 1.82. The molecule has 0 N–H and O–H groups in total. The van der Waals surface area contributed by atoms with E-state index in [4.69, 9.17) is 4.74 Å². The van der Waals surface area contributed by atoms with Crippen LogP contribution in [0.5, 0.6) is 0 Å². The van der Waals surface area contributed by atoms with Crippen molar-refractivity contribution < 1.29 is 9.53 Å². The Hall–Kier alpha value is -1.16. The van der Waals surface area contributed by atoms with Crippen LogP contribution >= 0.6 is 11.8 Å². The van der Waals surface area contributed by atoms with Crippen molar-refractivity contribution in [2.45, 2.75) is 69.8 Å². The average molecular weight is 348 g/mol. The number of carbonyl (C=O) groups is 1. The van der Waals surface area contributed by atoms with Gasteiger partial charge < -0.3 is 4.74 Å². The van der Waals surface area contributed by atoms with Gasteiger partial charge in [0, 0.05) is 4.75 Å². The molecule has 4 heteroatoms. The molecule has 0 spiro atoms. The third-order valence-corrected chi connectivity index (χ3v) is 6.30. The Bertz CT molecular complexity index is 549. The zero-order chi connectivity index (χ0) is 17.2. The lowest BCUT2D eigenvalue weighted by Crippen LogP contribution is -2.41. The molecule has 1 aliphatic heterocycles. The maximum absolute atomic E-state index is 12.6. The first kappa shape index (κ1) is 17.7. The fraction of sp³-hybridized carbons (Fsp3) is 0.650. The molecule has 1 amide bonds. The Balaban J connectivity index is 1.84. The van der Waals surface area contributed by atoms with E-state index in [1.165, 1.54) is 32.1 Å². The lowest BCUT2D eigenvalue weighted by Gasteiger charge is -2.35. The van der Waals surface area contributed by atoms with Gasteiger partial charge in [0.25, 0.3) is 0 Å². The molecule has 3 rings (SSSR count). The van der Waals surface area contributed by atoms with Crippen molar-refractivity contribution in [3.05, 3.63) is 35.9 Å². The van der Waals surface area contributed by atoms with Gasteiger partial charge in [0.1, 0.15) is 6.10 Å². The number of amides is 1. The van der Waals surface area contributed by atoms with E-state index in [9.17, 15) is 4.79 Å². The highest BCUT2D eigenvalue weighted by atomic mass is 32.2. The molecule has 0 unspecified atom stereocenters. The van der Waals surface area contributed by atoms with E-state index >= 15 is 0 Å². The van der Waals surface area contributed by atoms with Crippen molar-refractivity contribution in [2.24, 2.45) is 5.92 Å². The second-order valence-electron chi connectivity index (χ2n) is 7.96. The molecule has 3 nitrogen and oxygen atoms in total. The molecule has 1 aromatic rings. The van der Waals surface area contributed by atoms with Gasteiger partial charge in [-0.1, -0.05) is 70.4 Å². The number of cyclic esters (lactones) is 1. The fourth-order valence-corrected chi connectivity index (χ4v) is 4.62. The predicted molar refractivity (Wildman–Crippen MR) is 100 cm³/mol. The predicted octanol–water partition coefficient (Wildman–Crippen LogP) is 5.62. The zero-order valence-corrected chi connectivity index (χ0v) is 15.8. The minimum atomic E-state index is -0.142. The normalized spacial score (nSPS) is 25.8. The molecule has 0 aromatic heterocycles. The van der Waals surface area contributed by atoms with Crippen LogP contribution in [0, 0.1) is 5.92 Å². The summed E-state index contributed by atoms with van der Waals surface area (Å²) in [5, 5.41) is 0. The second-order valence-corrected chi connectivity index (χ2v) is 9.73. The summed E-state index contributed by atoms with van der Waals surface area (Å²) in [4.78, 5) is 14.6. The van der Waals surface area contributed by atoms with Crippen LogP contribution in [0.4, 0.5) is 4.79 Å². The monoisotopic (exact) mass is 347 g/mol. The van der Waals surface area contributed by atoms with E-state index in [2.05, 4.69) is 32.9 Å². The first-order chi connectivity index (χ1) is 11.5. The van der Waals surface area contributed by atoms with Crippen molar-refractivity contribution in [1.82, 2.24) is 4.90 Å². The van der Waals surface area contributed by atoms with Crippen LogP contribution in [-0.4, -0.2) is 27.7 Å². The number of hydrogen-bond donors (Lipinski definition) is 0. The van der Waals surface area contributed by atoms with Crippen molar-refractivity contribution >= 4 is 17.9 Å². The van der Waals surface area contributed by atoms with Crippen molar-refractivity contribution in [1.29, 1.82) is 0 Å². The summed E-state index contributed by atoms with van der Waals surface area (Å²) in [6.45, 7) is 6.59. The summed E-state index contributed by atoms with van der Waals surface area (Å²) in [5.74, 6) is 1.27. The Morgan fingerprint density at radius 2 is 1.79 bits per heavy atom. The number of benzene rings is 1. The van der Waals surface area contributed by atoms with Crippen LogP contribution < -0.4 is 0 Å². The topological polar surface area (TPSA) is 29.5 Å². The number of carbonyl (C=O) groups excluding carboxylic acids is 1. The van der Waals surface area contributed by atoms with E-state index in [0.29, 0.717) is 11.8 Å². The van der Waals surface area contributed by atoms with Gasteiger partial charge in [0.2, 0.25) is 0 Å². The molecule has 1 heterocycles. The van der Waals surface area contributed by atoms with Crippen molar-refractivity contribution in [3.63, 3.8) is 0 Å². The van der Waals surface area contributed by atoms with E-state index in [0.717, 1.165) is 5.56 Å². The summed E-state index contributed by atoms with van der Waals surface area (Å²) in [6, 6.07) is 10.4. The lowest BCUT2D eigenvalue weighted by molar-refractivity contribution is 0.115. The molecule has 1 aliphatic carbocycles. The third kappa shape index (κ3) is 4.08. The molecule has 2 fully saturated rings. The van der Waals surface area contributed by atoms with Gasteiger partial charge in [-0.2, -0.15) is 0 Å². The molecule has 132 valence electrons. The van der Waals surface area contributed by atoms with E-state index in [1.807, 2.05) is 34.9 Å². The largest absolute Gasteiger partial charge is 0.439 e. The van der Waals surface area contributed by atoms with Crippen LogP contribution in [0.3, 0.4) is 0 Å². The van der Waals surface area contributed by atoms with Gasteiger partial charge in [-0.25, -0.2) is 4.79 Å². The highest BCUT2D eigenvalue weighted by molar-refractivity contribution is 8.00. The van der Waals surface area contributed by atoms with Gasteiger partial charge in [-0.05, 0) is 24.3 Å². The van der Waals surface area contributed by atoms with Gasteiger partial charge in [-0.15, -0.1) is 11.8 Å². The number of nitrogens with zero attached hydrogens (tertiary/aromatic N) is 1. The molecule has 1 saturated heterocycles. The number of ether oxygens (including phenoxy) is 1. The van der Waals surface area contributed by atoms with Crippen LogP contribution in [0.1, 0.15) is 64.5 Å². The van der Waals surface area contributed by atoms with Crippen LogP contribution in [0.15, 0.2) is 30.3 Å². The molecule has 2 aliphatic rings. The molecule has 1 saturated carbocycles. The van der Waals surface area contributed by atoms with Crippen molar-refractivity contribution in [2.75, 3.05) is 5.88 Å². The summed E-state index contributed by atoms with van der Waals surface area (Å²) in [7, 11) is 0. The third-order valence-electron chi connectivity index (χ3n) is 5.03. The average Bonchev–Trinajstić information content (AvgIpc) is 2.90. The van der Waals surface area contributed by atoms with Crippen LogP contribution in [0.25, 0.3) is 0 Å². The highest BCUT2D eigenvalue weighted by Gasteiger charge is 2.46. The van der Waals surface area contributed by atoms with Gasteiger partial charge in [0.05, 0.1) is 11.9 Å². The number of rotatable bonds is 4. The Kier molecular flexibility index (Phi) is 5.43. The maximum atomic E-state index is 12.6. The molecule has 1 aromatic carbocycles. The van der Waals surface area contributed by atoms with E-state index < -0.39 is 0 Å². The van der Waals surface area contributed by atoms with Gasteiger partial charge in [-0.3, -0.25) is 4.90 Å². The SMILES string of the molecule is CC(C)(C)SCN1C(=O)O[C@@H](c2ccccc2)[C@H]1C1CCCCC1. The molecule has 0 radical (unpaired) electrons. The highest BCUT2D eigenvalue weighted by Crippen LogP contribution is 2.43. The molecule has 0 bridgehead atoms. The quantitative estimate of drug-likeness (QED) is 0.708. The number of thioether (sulfide) groups is 1. The zero-order valence-electron chi connectivity index (χ0n) is 15.0. The molecule has 24 heavy (non-hydrogen) atoms. The minimum absolute atomic E-state index is 0.123. The van der Waals surface area contributed by atoms with E-state index in [1.54, 1.807) is 0 Å². The molecular weight excluding hydrogens is 318 g/mol. The van der Waals surface area contributed by atoms with Crippen LogP contribution in [0.2, 0.25) is 0 Å². The molecule has 2 atom stereocenters. The van der Waals surface area contributed by atoms with E-state index in [-0.39, 0.29) is 23.0 Å². The Labute approximate surface area is 150 Å². The first-order valence-electron chi connectivity index (χ1n) is 9.12. The van der Waals surface area contributed by atoms with Gasteiger partial charge >= 0.3 is 6.09 Å². The summed E-state index contributed by atoms with van der Waals surface area (Å²) in [6.07, 6.45) is 6.03. The molecular formula is C20H29NO2S. The minimum Gasteiger partial charge on any atom is -0.439 e.